The minimum atomic E-state index is -0.129. The van der Waals surface area contributed by atoms with Crippen molar-refractivity contribution in [3.8, 4) is 11.5 Å². The van der Waals surface area contributed by atoms with Gasteiger partial charge in [-0.05, 0) is 29.9 Å². The lowest BCUT2D eigenvalue weighted by Gasteiger charge is -2.09. The van der Waals surface area contributed by atoms with Gasteiger partial charge >= 0.3 is 0 Å². The van der Waals surface area contributed by atoms with E-state index < -0.39 is 0 Å². The molecule has 0 aliphatic heterocycles. The summed E-state index contributed by atoms with van der Waals surface area (Å²) in [5.41, 5.74) is 4.54. The van der Waals surface area contributed by atoms with E-state index >= 15 is 0 Å². The number of rotatable bonds is 9. The Kier molecular flexibility index (Phi) is 7.85. The Morgan fingerprint density at radius 3 is 2.64 bits per heavy atom. The van der Waals surface area contributed by atoms with Crippen LogP contribution in [0.3, 0.4) is 0 Å². The Morgan fingerprint density at radius 2 is 1.92 bits per heavy atom. The summed E-state index contributed by atoms with van der Waals surface area (Å²) in [6, 6.07) is 15.7. The first kappa shape index (κ1) is 18.9. The minimum Gasteiger partial charge on any atom is -0.493 e. The average Bonchev–Trinajstić information content (AvgIpc) is 2.65. The number of carbonyl (C=O) groups is 1. The molecule has 25 heavy (non-hydrogen) atoms. The van der Waals surface area contributed by atoms with Crippen LogP contribution in [-0.2, 0) is 11.2 Å². The molecule has 0 radical (unpaired) electrons. The molecule has 0 saturated heterocycles. The highest BCUT2D eigenvalue weighted by Gasteiger charge is 2.07. The molecule has 5 nitrogen and oxygen atoms in total. The third kappa shape index (κ3) is 6.15. The molecule has 0 unspecified atom stereocenters. The molecule has 0 fully saturated rings. The molecule has 2 rings (SSSR count). The number of amides is 1. The largest absolute Gasteiger partial charge is 0.493 e. The number of nitrogens with zero attached hydrogens (tertiary/aromatic N) is 1. The van der Waals surface area contributed by atoms with Gasteiger partial charge in [0.25, 0.3) is 0 Å². The molecule has 2 aromatic carbocycles. The maximum atomic E-state index is 11.8. The fourth-order valence-electron chi connectivity index (χ4n) is 2.22. The number of methoxy groups -OCH3 is 2. The molecular weight excluding hydrogens is 336 g/mol. The fourth-order valence-corrected chi connectivity index (χ4v) is 2.99. The van der Waals surface area contributed by atoms with Gasteiger partial charge in [-0.25, -0.2) is 5.43 Å². The molecule has 2 aromatic rings. The maximum absolute atomic E-state index is 11.8. The van der Waals surface area contributed by atoms with Crippen molar-refractivity contribution in [2.24, 2.45) is 5.10 Å². The number of hydrazone groups is 1. The second-order valence-electron chi connectivity index (χ2n) is 5.16. The lowest BCUT2D eigenvalue weighted by Crippen LogP contribution is -2.20. The van der Waals surface area contributed by atoms with E-state index in [1.165, 1.54) is 5.56 Å². The standard InChI is InChI=1S/C19H22N2O3S/c1-23-17-10-6-9-16(19(17)24-2)13-20-21-18(22)14-25-12-11-15-7-4-3-5-8-15/h3-10,13H,11-12,14H2,1-2H3,(H,21,22)/b20-13-. The number of para-hydroxylation sites is 1. The first-order chi connectivity index (χ1) is 12.2. The van der Waals surface area contributed by atoms with Crippen molar-refractivity contribution in [2.75, 3.05) is 25.7 Å². The number of hydrogen-bond acceptors (Lipinski definition) is 5. The Balaban J connectivity index is 1.75. The van der Waals surface area contributed by atoms with E-state index in [1.807, 2.05) is 30.3 Å². The Labute approximate surface area is 152 Å². The van der Waals surface area contributed by atoms with E-state index in [1.54, 1.807) is 38.3 Å². The minimum absolute atomic E-state index is 0.129. The highest BCUT2D eigenvalue weighted by Crippen LogP contribution is 2.29. The van der Waals surface area contributed by atoms with Crippen molar-refractivity contribution in [3.05, 3.63) is 59.7 Å². The van der Waals surface area contributed by atoms with E-state index in [0.717, 1.165) is 17.7 Å². The van der Waals surface area contributed by atoms with E-state index in [4.69, 9.17) is 9.47 Å². The molecule has 1 amide bonds. The summed E-state index contributed by atoms with van der Waals surface area (Å²) in [6.07, 6.45) is 2.50. The summed E-state index contributed by atoms with van der Waals surface area (Å²) >= 11 is 1.59. The first-order valence-corrected chi connectivity index (χ1v) is 9.04. The van der Waals surface area contributed by atoms with Crippen LogP contribution in [0.25, 0.3) is 0 Å². The number of hydrogen-bond donors (Lipinski definition) is 1. The second kappa shape index (κ2) is 10.4. The summed E-state index contributed by atoms with van der Waals surface area (Å²) in [5.74, 6) is 2.34. The van der Waals surface area contributed by atoms with Gasteiger partial charge in [-0.2, -0.15) is 16.9 Å². The number of aryl methyl sites for hydroxylation is 1. The lowest BCUT2D eigenvalue weighted by atomic mass is 10.2. The summed E-state index contributed by atoms with van der Waals surface area (Å²) in [4.78, 5) is 11.8. The third-order valence-corrected chi connectivity index (χ3v) is 4.40. The lowest BCUT2D eigenvalue weighted by molar-refractivity contribution is -0.118. The zero-order valence-corrected chi connectivity index (χ0v) is 15.2. The van der Waals surface area contributed by atoms with Crippen molar-refractivity contribution in [2.45, 2.75) is 6.42 Å². The molecule has 6 heteroatoms. The van der Waals surface area contributed by atoms with E-state index in [-0.39, 0.29) is 5.91 Å². The van der Waals surface area contributed by atoms with E-state index in [9.17, 15) is 4.79 Å². The highest BCUT2D eigenvalue weighted by atomic mass is 32.2. The Hall–Kier alpha value is -2.47. The molecule has 0 aromatic heterocycles. The molecule has 0 spiro atoms. The SMILES string of the molecule is COc1cccc(/C=N\NC(=O)CSCCc2ccccc2)c1OC. The van der Waals surface area contributed by atoms with Gasteiger partial charge in [0.05, 0.1) is 26.2 Å². The van der Waals surface area contributed by atoms with Crippen LogP contribution in [-0.4, -0.2) is 37.8 Å². The van der Waals surface area contributed by atoms with Gasteiger partial charge in [-0.1, -0.05) is 36.4 Å². The van der Waals surface area contributed by atoms with Gasteiger partial charge in [0, 0.05) is 5.56 Å². The maximum Gasteiger partial charge on any atom is 0.250 e. The summed E-state index contributed by atoms with van der Waals surface area (Å²) in [6.45, 7) is 0. The normalized spacial score (nSPS) is 10.6. The van der Waals surface area contributed by atoms with Gasteiger partial charge in [-0.15, -0.1) is 0 Å². The van der Waals surface area contributed by atoms with Gasteiger partial charge in [0.2, 0.25) is 5.91 Å². The molecule has 1 N–H and O–H groups in total. The number of benzene rings is 2. The van der Waals surface area contributed by atoms with Crippen molar-refractivity contribution in [1.82, 2.24) is 5.43 Å². The molecular formula is C19H22N2O3S. The predicted octanol–water partition coefficient (Wildman–Crippen LogP) is 3.13. The van der Waals surface area contributed by atoms with Crippen molar-refractivity contribution >= 4 is 23.9 Å². The van der Waals surface area contributed by atoms with Gasteiger partial charge in [0.15, 0.2) is 11.5 Å². The van der Waals surface area contributed by atoms with Crippen molar-refractivity contribution in [3.63, 3.8) is 0 Å². The van der Waals surface area contributed by atoms with Gasteiger partial charge in [-0.3, -0.25) is 4.79 Å². The van der Waals surface area contributed by atoms with Crippen LogP contribution >= 0.6 is 11.8 Å². The van der Waals surface area contributed by atoms with Crippen LogP contribution in [0.4, 0.5) is 0 Å². The Bertz CT molecular complexity index is 705. The molecule has 132 valence electrons. The molecule has 0 atom stereocenters. The topological polar surface area (TPSA) is 59.9 Å². The monoisotopic (exact) mass is 358 g/mol. The number of nitrogens with one attached hydrogen (secondary N) is 1. The molecule has 0 bridgehead atoms. The van der Waals surface area contributed by atoms with Crippen LogP contribution in [0, 0.1) is 0 Å². The number of carbonyl (C=O) groups excluding carboxylic acids is 1. The molecule has 0 heterocycles. The molecule has 0 aliphatic rings. The van der Waals surface area contributed by atoms with Crippen LogP contribution in [0.15, 0.2) is 53.6 Å². The van der Waals surface area contributed by atoms with Crippen LogP contribution in [0.2, 0.25) is 0 Å². The van der Waals surface area contributed by atoms with Crippen LogP contribution < -0.4 is 14.9 Å². The van der Waals surface area contributed by atoms with Gasteiger partial charge in [0.1, 0.15) is 0 Å². The molecule has 0 saturated carbocycles. The fraction of sp³-hybridized carbons (Fsp3) is 0.263. The smallest absolute Gasteiger partial charge is 0.250 e. The summed E-state index contributed by atoms with van der Waals surface area (Å²) < 4.78 is 10.5. The quantitative estimate of drug-likeness (QED) is 0.425. The highest BCUT2D eigenvalue weighted by molar-refractivity contribution is 7.99. The van der Waals surface area contributed by atoms with E-state index in [2.05, 4.69) is 22.7 Å². The van der Waals surface area contributed by atoms with Crippen LogP contribution in [0.5, 0.6) is 11.5 Å². The summed E-state index contributed by atoms with van der Waals surface area (Å²) in [5, 5.41) is 3.99. The van der Waals surface area contributed by atoms with Gasteiger partial charge < -0.3 is 9.47 Å². The average molecular weight is 358 g/mol. The predicted molar refractivity (Wildman–Crippen MR) is 103 cm³/mol. The second-order valence-corrected chi connectivity index (χ2v) is 6.27. The zero-order valence-electron chi connectivity index (χ0n) is 14.4. The first-order valence-electron chi connectivity index (χ1n) is 7.89. The summed E-state index contributed by atoms with van der Waals surface area (Å²) in [7, 11) is 3.14. The van der Waals surface area contributed by atoms with Crippen molar-refractivity contribution in [1.29, 1.82) is 0 Å². The number of thioether (sulfide) groups is 1. The Morgan fingerprint density at radius 1 is 1.12 bits per heavy atom. The van der Waals surface area contributed by atoms with Crippen LogP contribution in [0.1, 0.15) is 11.1 Å². The van der Waals surface area contributed by atoms with E-state index in [0.29, 0.717) is 17.3 Å². The molecule has 0 aliphatic carbocycles. The zero-order chi connectivity index (χ0) is 17.9. The number of ether oxygens (including phenoxy) is 2. The third-order valence-electron chi connectivity index (χ3n) is 3.44. The van der Waals surface area contributed by atoms with Crippen molar-refractivity contribution < 1.29 is 14.3 Å².